The number of ether oxygens (including phenoxy) is 1. The number of amides is 1. The van der Waals surface area contributed by atoms with Gasteiger partial charge in [0.05, 0.1) is 23.6 Å². The number of nitrogens with one attached hydrogen (secondary N) is 1. The average Bonchev–Trinajstić information content (AvgIpc) is 3.33. The molecule has 0 radical (unpaired) electrons. The Bertz CT molecular complexity index is 1130. The Labute approximate surface area is 155 Å². The highest BCUT2D eigenvalue weighted by Gasteiger charge is 2.23. The van der Waals surface area contributed by atoms with Crippen molar-refractivity contribution in [3.05, 3.63) is 51.1 Å². The molecule has 1 saturated heterocycles. The van der Waals surface area contributed by atoms with E-state index in [9.17, 15) is 18.8 Å². The van der Waals surface area contributed by atoms with Crippen LogP contribution in [0.25, 0.3) is 11.0 Å². The number of fused-ring (bicyclic) bond motifs is 1. The molecule has 0 aliphatic carbocycles. The van der Waals surface area contributed by atoms with Crippen LogP contribution in [0.15, 0.2) is 34.0 Å². The lowest BCUT2D eigenvalue weighted by molar-refractivity contribution is -0.116. The van der Waals surface area contributed by atoms with Crippen molar-refractivity contribution < 1.29 is 13.9 Å². The van der Waals surface area contributed by atoms with Gasteiger partial charge in [0, 0.05) is 6.61 Å². The second-order valence-electron chi connectivity index (χ2n) is 6.01. The van der Waals surface area contributed by atoms with E-state index >= 15 is 0 Å². The van der Waals surface area contributed by atoms with Gasteiger partial charge in [0.1, 0.15) is 23.8 Å². The number of hydrogen-bond acceptors (Lipinski definition) is 7. The number of halogens is 1. The van der Waals surface area contributed by atoms with Crippen molar-refractivity contribution >= 4 is 34.4 Å². The van der Waals surface area contributed by atoms with Crippen molar-refractivity contribution in [1.82, 2.24) is 17.9 Å². The average molecular weight is 391 g/mol. The van der Waals surface area contributed by atoms with Crippen LogP contribution in [-0.4, -0.2) is 30.4 Å². The number of hydrogen-bond donors (Lipinski definition) is 1. The summed E-state index contributed by atoms with van der Waals surface area (Å²) in [6, 6.07) is 5.06. The van der Waals surface area contributed by atoms with E-state index in [-0.39, 0.29) is 0 Å². The molecule has 1 atom stereocenters. The second kappa shape index (κ2) is 7.00. The standard InChI is InChI=1S/C16H14FN5O4S/c17-9-7-21(13-5-2-6-26-13)16(25)22(15(9)24)8-12(23)18-10-3-1-4-11-14(10)20-27-19-11/h1,3-4,7,13H,2,5-6,8H2,(H,18,23). The van der Waals surface area contributed by atoms with Gasteiger partial charge in [-0.25, -0.2) is 9.36 Å². The van der Waals surface area contributed by atoms with Crippen LogP contribution in [0.3, 0.4) is 0 Å². The number of nitrogens with zero attached hydrogens (tertiary/aromatic N) is 4. The van der Waals surface area contributed by atoms with Crippen LogP contribution >= 0.6 is 11.7 Å². The predicted octanol–water partition coefficient (Wildman–Crippen LogP) is 1.10. The molecule has 4 rings (SSSR count). The number of benzene rings is 1. The van der Waals surface area contributed by atoms with Gasteiger partial charge in [0.2, 0.25) is 11.7 Å². The Kier molecular flexibility index (Phi) is 4.54. The van der Waals surface area contributed by atoms with Crippen LogP contribution in [0, 0.1) is 5.82 Å². The Hall–Kier alpha value is -2.92. The maximum atomic E-state index is 14.0. The van der Waals surface area contributed by atoms with Gasteiger partial charge in [-0.05, 0) is 25.0 Å². The Morgan fingerprint density at radius 2 is 2.22 bits per heavy atom. The van der Waals surface area contributed by atoms with Crippen LogP contribution in [-0.2, 0) is 16.1 Å². The second-order valence-corrected chi connectivity index (χ2v) is 6.54. The molecule has 140 valence electrons. The van der Waals surface area contributed by atoms with Gasteiger partial charge in [0.15, 0.2) is 0 Å². The van der Waals surface area contributed by atoms with E-state index in [0.29, 0.717) is 34.3 Å². The minimum Gasteiger partial charge on any atom is -0.358 e. The number of carbonyl (C=O) groups is 1. The number of carbonyl (C=O) groups excluding carboxylic acids is 1. The first-order valence-corrected chi connectivity index (χ1v) is 8.92. The van der Waals surface area contributed by atoms with E-state index in [2.05, 4.69) is 14.1 Å². The number of anilines is 1. The maximum Gasteiger partial charge on any atom is 0.333 e. The van der Waals surface area contributed by atoms with Crippen LogP contribution in [0.5, 0.6) is 0 Å². The molecular formula is C16H14FN5O4S. The first-order chi connectivity index (χ1) is 13.0. The first kappa shape index (κ1) is 17.5. The van der Waals surface area contributed by atoms with E-state index in [0.717, 1.165) is 28.9 Å². The van der Waals surface area contributed by atoms with E-state index in [4.69, 9.17) is 4.74 Å². The monoisotopic (exact) mass is 391 g/mol. The summed E-state index contributed by atoms with van der Waals surface area (Å²) in [5.74, 6) is -1.78. The maximum absolute atomic E-state index is 14.0. The molecule has 0 saturated carbocycles. The van der Waals surface area contributed by atoms with Gasteiger partial charge in [-0.1, -0.05) is 6.07 Å². The molecule has 3 heterocycles. The smallest absolute Gasteiger partial charge is 0.333 e. The van der Waals surface area contributed by atoms with Gasteiger partial charge in [0.25, 0.3) is 5.56 Å². The fourth-order valence-electron chi connectivity index (χ4n) is 2.95. The number of aromatic nitrogens is 4. The summed E-state index contributed by atoms with van der Waals surface area (Å²) < 4.78 is 29.1. The lowest BCUT2D eigenvalue weighted by Crippen LogP contribution is -2.44. The zero-order valence-corrected chi connectivity index (χ0v) is 14.7. The minimum atomic E-state index is -1.15. The van der Waals surface area contributed by atoms with Crippen LogP contribution in [0.1, 0.15) is 19.1 Å². The van der Waals surface area contributed by atoms with E-state index in [1.165, 1.54) is 0 Å². The van der Waals surface area contributed by atoms with Crippen LogP contribution in [0.2, 0.25) is 0 Å². The molecule has 9 nitrogen and oxygen atoms in total. The summed E-state index contributed by atoms with van der Waals surface area (Å²) in [4.78, 5) is 37.0. The molecule has 0 spiro atoms. The molecule has 2 aromatic heterocycles. The molecule has 11 heteroatoms. The van der Waals surface area contributed by atoms with Gasteiger partial charge < -0.3 is 10.1 Å². The third-order valence-corrected chi connectivity index (χ3v) is 4.77. The first-order valence-electron chi connectivity index (χ1n) is 8.19. The molecule has 1 aliphatic heterocycles. The SMILES string of the molecule is O=C(Cn1c(=O)c(F)cn(C2CCCO2)c1=O)Nc1cccc2nsnc12. The Morgan fingerprint density at radius 1 is 1.37 bits per heavy atom. The molecule has 27 heavy (non-hydrogen) atoms. The van der Waals surface area contributed by atoms with Crippen molar-refractivity contribution in [1.29, 1.82) is 0 Å². The highest BCUT2D eigenvalue weighted by atomic mass is 32.1. The minimum absolute atomic E-state index is 0.398. The molecule has 1 unspecified atom stereocenters. The molecule has 0 bridgehead atoms. The molecule has 1 N–H and O–H groups in total. The fourth-order valence-corrected chi connectivity index (χ4v) is 3.50. The number of rotatable bonds is 4. The van der Waals surface area contributed by atoms with E-state index in [1.54, 1.807) is 18.2 Å². The highest BCUT2D eigenvalue weighted by Crippen LogP contribution is 2.22. The zero-order valence-electron chi connectivity index (χ0n) is 13.9. The lowest BCUT2D eigenvalue weighted by atomic mass is 10.2. The van der Waals surface area contributed by atoms with Crippen molar-refractivity contribution in [3.63, 3.8) is 0 Å². The van der Waals surface area contributed by atoms with Crippen molar-refractivity contribution in [2.75, 3.05) is 11.9 Å². The molecule has 3 aromatic rings. The largest absolute Gasteiger partial charge is 0.358 e. The van der Waals surface area contributed by atoms with Crippen molar-refractivity contribution in [2.24, 2.45) is 0 Å². The summed E-state index contributed by atoms with van der Waals surface area (Å²) in [5, 5.41) is 2.59. The van der Waals surface area contributed by atoms with Crippen LogP contribution < -0.4 is 16.6 Å². The molecular weight excluding hydrogens is 377 g/mol. The summed E-state index contributed by atoms with van der Waals surface area (Å²) >= 11 is 0.998. The van der Waals surface area contributed by atoms with E-state index < -0.39 is 35.7 Å². The van der Waals surface area contributed by atoms with Gasteiger partial charge in [-0.3, -0.25) is 14.2 Å². The van der Waals surface area contributed by atoms with Crippen LogP contribution in [0.4, 0.5) is 10.1 Å². The lowest BCUT2D eigenvalue weighted by Gasteiger charge is -2.15. The summed E-state index contributed by atoms with van der Waals surface area (Å²) in [5.41, 5.74) is -0.439. The highest BCUT2D eigenvalue weighted by molar-refractivity contribution is 7.00. The third kappa shape index (κ3) is 3.26. The quantitative estimate of drug-likeness (QED) is 0.714. The summed E-state index contributed by atoms with van der Waals surface area (Å²) in [7, 11) is 0. The fraction of sp³-hybridized carbons (Fsp3) is 0.312. The topological polar surface area (TPSA) is 108 Å². The van der Waals surface area contributed by atoms with Gasteiger partial charge in [-0.2, -0.15) is 13.1 Å². The van der Waals surface area contributed by atoms with E-state index in [1.807, 2.05) is 0 Å². The van der Waals surface area contributed by atoms with Gasteiger partial charge in [-0.15, -0.1) is 0 Å². The Balaban J connectivity index is 1.63. The molecule has 1 aliphatic rings. The third-order valence-electron chi connectivity index (χ3n) is 4.23. The molecule has 1 fully saturated rings. The normalized spacial score (nSPS) is 16.7. The molecule has 1 aromatic carbocycles. The van der Waals surface area contributed by atoms with Crippen molar-refractivity contribution in [3.8, 4) is 0 Å². The molecule has 1 amide bonds. The zero-order chi connectivity index (χ0) is 19.0. The summed E-state index contributed by atoms with van der Waals surface area (Å²) in [6.07, 6.45) is 1.44. The summed E-state index contributed by atoms with van der Waals surface area (Å²) in [6.45, 7) is -0.180. The van der Waals surface area contributed by atoms with Crippen molar-refractivity contribution in [2.45, 2.75) is 25.6 Å². The Morgan fingerprint density at radius 3 is 3.00 bits per heavy atom. The predicted molar refractivity (Wildman–Crippen MR) is 95.2 cm³/mol. The van der Waals surface area contributed by atoms with Gasteiger partial charge >= 0.3 is 5.69 Å².